The Morgan fingerprint density at radius 2 is 2.29 bits per heavy atom. The Kier molecular flexibility index (Phi) is 3.65. The van der Waals surface area contributed by atoms with Crippen molar-refractivity contribution < 1.29 is 14.7 Å². The quantitative estimate of drug-likeness (QED) is 0.472. The molecule has 0 aromatic carbocycles. The van der Waals surface area contributed by atoms with E-state index in [2.05, 4.69) is 11.4 Å². The minimum atomic E-state index is -0.965. The standard InChI is InChI=1S/C16H22ClNO3/c1-15-11(7-8-17)12(19)9-16(15,14(21)18-15)13(20)10-5-3-2-4-6-10/h3,5,10-11,13,20H,2,4,6-9H2,1H3,(H,18,21)/t10-,11+,13?,15+,16?/m1/s1. The van der Waals surface area contributed by atoms with Gasteiger partial charge in [-0.3, -0.25) is 9.59 Å². The van der Waals surface area contributed by atoms with E-state index < -0.39 is 17.1 Å². The van der Waals surface area contributed by atoms with Crippen molar-refractivity contribution in [3.63, 3.8) is 0 Å². The van der Waals surface area contributed by atoms with E-state index in [-0.39, 0.29) is 29.9 Å². The molecule has 0 spiro atoms. The van der Waals surface area contributed by atoms with Crippen LogP contribution in [0, 0.1) is 17.3 Å². The highest BCUT2D eigenvalue weighted by atomic mass is 35.5. The number of carbonyl (C=O) groups is 2. The number of allylic oxidation sites excluding steroid dienone is 1. The molecular formula is C16H22ClNO3. The van der Waals surface area contributed by atoms with E-state index in [9.17, 15) is 14.7 Å². The molecule has 2 unspecified atom stereocenters. The molecule has 5 heteroatoms. The first-order valence-corrected chi connectivity index (χ1v) is 8.27. The van der Waals surface area contributed by atoms with Crippen LogP contribution in [0.25, 0.3) is 0 Å². The van der Waals surface area contributed by atoms with Crippen LogP contribution in [0.1, 0.15) is 39.0 Å². The summed E-state index contributed by atoms with van der Waals surface area (Å²) < 4.78 is 0. The summed E-state index contributed by atoms with van der Waals surface area (Å²) in [6, 6.07) is 0. The van der Waals surface area contributed by atoms with Gasteiger partial charge in [-0.2, -0.15) is 0 Å². The van der Waals surface area contributed by atoms with Gasteiger partial charge in [0.2, 0.25) is 5.91 Å². The maximum Gasteiger partial charge on any atom is 0.232 e. The van der Waals surface area contributed by atoms with Crippen LogP contribution in [-0.4, -0.2) is 34.3 Å². The van der Waals surface area contributed by atoms with Gasteiger partial charge in [-0.05, 0) is 32.6 Å². The van der Waals surface area contributed by atoms with E-state index in [4.69, 9.17) is 11.6 Å². The highest BCUT2D eigenvalue weighted by Crippen LogP contribution is 2.59. The number of hydrogen-bond donors (Lipinski definition) is 2. The Morgan fingerprint density at radius 1 is 1.52 bits per heavy atom. The third-order valence-electron chi connectivity index (χ3n) is 5.84. The molecule has 5 atom stereocenters. The van der Waals surface area contributed by atoms with Crippen LogP contribution in [0.5, 0.6) is 0 Å². The molecule has 1 aliphatic heterocycles. The van der Waals surface area contributed by atoms with E-state index in [0.29, 0.717) is 12.3 Å². The Morgan fingerprint density at radius 3 is 2.86 bits per heavy atom. The summed E-state index contributed by atoms with van der Waals surface area (Å²) in [5.41, 5.74) is -1.62. The first-order valence-electron chi connectivity index (χ1n) is 7.73. The van der Waals surface area contributed by atoms with Crippen LogP contribution in [0.3, 0.4) is 0 Å². The minimum Gasteiger partial charge on any atom is -0.391 e. The van der Waals surface area contributed by atoms with Crippen LogP contribution >= 0.6 is 11.6 Å². The van der Waals surface area contributed by atoms with E-state index >= 15 is 0 Å². The summed E-state index contributed by atoms with van der Waals surface area (Å²) in [5.74, 6) is -0.0592. The van der Waals surface area contributed by atoms with Crippen LogP contribution in [0.4, 0.5) is 0 Å². The second-order valence-electron chi connectivity index (χ2n) is 6.77. The van der Waals surface area contributed by atoms with Crippen LogP contribution in [0.15, 0.2) is 12.2 Å². The summed E-state index contributed by atoms with van der Waals surface area (Å²) in [7, 11) is 0. The van der Waals surface area contributed by atoms with Gasteiger partial charge < -0.3 is 10.4 Å². The molecule has 3 rings (SSSR count). The monoisotopic (exact) mass is 311 g/mol. The number of fused-ring (bicyclic) bond motifs is 1. The number of amides is 1. The Balaban J connectivity index is 1.94. The number of hydrogen-bond acceptors (Lipinski definition) is 3. The summed E-state index contributed by atoms with van der Waals surface area (Å²) in [6.07, 6.45) is 6.88. The van der Waals surface area contributed by atoms with Crippen LogP contribution < -0.4 is 5.32 Å². The van der Waals surface area contributed by atoms with Gasteiger partial charge in [0.15, 0.2) is 0 Å². The molecular weight excluding hydrogens is 290 g/mol. The van der Waals surface area contributed by atoms with E-state index in [1.165, 1.54) is 0 Å². The fourth-order valence-electron chi connectivity index (χ4n) is 4.59. The molecule has 0 radical (unpaired) electrons. The molecule has 116 valence electrons. The zero-order valence-electron chi connectivity index (χ0n) is 12.3. The van der Waals surface area contributed by atoms with Crippen molar-refractivity contribution in [3.05, 3.63) is 12.2 Å². The van der Waals surface area contributed by atoms with Crippen molar-refractivity contribution >= 4 is 23.3 Å². The number of aliphatic hydroxyl groups excluding tert-OH is 1. The maximum absolute atomic E-state index is 12.4. The average Bonchev–Trinajstić information content (AvgIpc) is 2.65. The third-order valence-corrected chi connectivity index (χ3v) is 6.06. The number of rotatable bonds is 4. The van der Waals surface area contributed by atoms with E-state index in [1.54, 1.807) is 0 Å². The highest BCUT2D eigenvalue weighted by molar-refractivity contribution is 6.18. The van der Waals surface area contributed by atoms with Gasteiger partial charge in [0.25, 0.3) is 0 Å². The third kappa shape index (κ3) is 1.85. The molecule has 1 amide bonds. The predicted molar refractivity (Wildman–Crippen MR) is 79.9 cm³/mol. The van der Waals surface area contributed by atoms with Crippen molar-refractivity contribution in [2.75, 3.05) is 5.88 Å². The summed E-state index contributed by atoms with van der Waals surface area (Å²) in [6.45, 7) is 1.90. The van der Waals surface area contributed by atoms with Crippen molar-refractivity contribution in [1.82, 2.24) is 5.32 Å². The Bertz CT molecular complexity index is 506. The molecule has 0 aromatic rings. The number of Topliss-reactive ketones (excluding diaryl/α,β-unsaturated/α-hetero) is 1. The summed E-state index contributed by atoms with van der Waals surface area (Å²) >= 11 is 5.82. The van der Waals surface area contributed by atoms with Crippen molar-refractivity contribution in [3.8, 4) is 0 Å². The van der Waals surface area contributed by atoms with Gasteiger partial charge in [0.05, 0.1) is 11.6 Å². The fourth-order valence-corrected chi connectivity index (χ4v) is 4.80. The molecule has 21 heavy (non-hydrogen) atoms. The molecule has 1 saturated heterocycles. The first kappa shape index (κ1) is 15.0. The fraction of sp³-hybridized carbons (Fsp3) is 0.750. The van der Waals surface area contributed by atoms with Crippen molar-refractivity contribution in [1.29, 1.82) is 0 Å². The van der Waals surface area contributed by atoms with Gasteiger partial charge in [-0.1, -0.05) is 12.2 Å². The van der Waals surface area contributed by atoms with Gasteiger partial charge in [0, 0.05) is 24.1 Å². The summed E-state index contributed by atoms with van der Waals surface area (Å²) in [5, 5.41) is 13.8. The average molecular weight is 312 g/mol. The molecule has 3 aliphatic rings. The lowest BCUT2D eigenvalue weighted by atomic mass is 9.56. The van der Waals surface area contributed by atoms with Crippen molar-refractivity contribution in [2.24, 2.45) is 17.3 Å². The normalized spacial score (nSPS) is 43.2. The molecule has 1 heterocycles. The molecule has 2 aliphatic carbocycles. The molecule has 2 N–H and O–H groups in total. The molecule has 1 saturated carbocycles. The van der Waals surface area contributed by atoms with Gasteiger partial charge in [-0.15, -0.1) is 11.6 Å². The van der Waals surface area contributed by atoms with Gasteiger partial charge in [0.1, 0.15) is 11.2 Å². The number of ketones is 1. The summed E-state index contributed by atoms with van der Waals surface area (Å²) in [4.78, 5) is 24.7. The number of carbonyl (C=O) groups excluding carboxylic acids is 2. The largest absolute Gasteiger partial charge is 0.391 e. The predicted octanol–water partition coefficient (Wildman–Crippen LogP) is 1.80. The molecule has 0 aromatic heterocycles. The Hall–Kier alpha value is -0.870. The number of aliphatic hydroxyl groups is 1. The SMILES string of the molecule is C[C@@]12NC(=O)C1(C(O)[C@@H]1C=CCCC1)CC(=O)[C@@H]2CCCl. The molecule has 0 bridgehead atoms. The maximum atomic E-state index is 12.4. The zero-order valence-corrected chi connectivity index (χ0v) is 13.0. The van der Waals surface area contributed by atoms with E-state index in [1.807, 2.05) is 13.0 Å². The topological polar surface area (TPSA) is 66.4 Å². The number of nitrogens with one attached hydrogen (secondary N) is 1. The first-order chi connectivity index (χ1) is 9.97. The molecule has 2 fully saturated rings. The van der Waals surface area contributed by atoms with Crippen LogP contribution in [0.2, 0.25) is 0 Å². The second kappa shape index (κ2) is 5.10. The smallest absolute Gasteiger partial charge is 0.232 e. The van der Waals surface area contributed by atoms with E-state index in [0.717, 1.165) is 19.3 Å². The van der Waals surface area contributed by atoms with Gasteiger partial charge in [-0.25, -0.2) is 0 Å². The number of halogens is 1. The lowest BCUT2D eigenvalue weighted by Crippen LogP contribution is -2.79. The Labute approximate surface area is 129 Å². The minimum absolute atomic E-state index is 0.0355. The van der Waals surface area contributed by atoms with Gasteiger partial charge >= 0.3 is 0 Å². The van der Waals surface area contributed by atoms with Crippen LogP contribution in [-0.2, 0) is 9.59 Å². The molecule has 4 nitrogen and oxygen atoms in total. The number of alkyl halides is 1. The second-order valence-corrected chi connectivity index (χ2v) is 7.15. The lowest BCUT2D eigenvalue weighted by molar-refractivity contribution is -0.173. The highest BCUT2D eigenvalue weighted by Gasteiger charge is 2.75. The number of β-lactam (4-membered cyclic amide) rings is 1. The lowest BCUT2D eigenvalue weighted by Gasteiger charge is -2.57. The van der Waals surface area contributed by atoms with Crippen molar-refractivity contribution in [2.45, 2.75) is 50.7 Å². The zero-order chi connectivity index (χ0) is 15.3.